The zero-order chi connectivity index (χ0) is 36.9. The minimum atomic E-state index is -4.42. The topological polar surface area (TPSA) is 146 Å². The van der Waals surface area contributed by atoms with Crippen LogP contribution in [0.25, 0.3) is 22.1 Å². The van der Waals surface area contributed by atoms with Crippen LogP contribution in [0.5, 0.6) is 0 Å². The molecule has 0 N–H and O–H groups in total. The molecule has 2 aromatic carbocycles. The quantitative estimate of drug-likeness (QED) is 0.0894. The summed E-state index contributed by atoms with van der Waals surface area (Å²) in [4.78, 5) is 3.59. The van der Waals surface area contributed by atoms with Crippen molar-refractivity contribution in [1.82, 2.24) is 14.1 Å². The number of alkyl halides is 6. The number of fused-ring (bicyclic) bond motifs is 2. The van der Waals surface area contributed by atoms with Crippen LogP contribution in [0.15, 0.2) is 48.5 Å². The van der Waals surface area contributed by atoms with Crippen molar-refractivity contribution in [1.29, 1.82) is 0 Å². The van der Waals surface area contributed by atoms with Gasteiger partial charge in [0.1, 0.15) is 0 Å². The van der Waals surface area contributed by atoms with Crippen molar-refractivity contribution in [2.24, 2.45) is 0 Å². The van der Waals surface area contributed by atoms with Gasteiger partial charge in [0.05, 0.1) is 43.9 Å². The summed E-state index contributed by atoms with van der Waals surface area (Å²) in [5, 5.41) is 0. The third kappa shape index (κ3) is 12.6. The van der Waals surface area contributed by atoms with E-state index in [1.54, 1.807) is 83.1 Å². The van der Waals surface area contributed by atoms with Crippen molar-refractivity contribution in [3.05, 3.63) is 60.2 Å². The lowest BCUT2D eigenvalue weighted by Crippen LogP contribution is -2.41. The van der Waals surface area contributed by atoms with Gasteiger partial charge in [0.2, 0.25) is 16.2 Å². The number of imidazole rings is 2. The van der Waals surface area contributed by atoms with Gasteiger partial charge in [-0.25, -0.2) is 30.9 Å². The smallest absolute Gasteiger partial charge is 0.495 e. The molecule has 0 unspecified atom stereocenters. The molecule has 0 aliphatic rings. The predicted molar refractivity (Wildman–Crippen MR) is 162 cm³/mol. The van der Waals surface area contributed by atoms with Gasteiger partial charge in [-0.1, -0.05) is 24.3 Å². The first-order valence-corrected chi connectivity index (χ1v) is 17.1. The third-order valence-corrected chi connectivity index (χ3v) is 7.44. The molecule has 0 fully saturated rings. The minimum absolute atomic E-state index is 0.0914. The number of para-hydroxylation sites is 4. The second-order valence-electron chi connectivity index (χ2n) is 9.00. The van der Waals surface area contributed by atoms with E-state index in [1.807, 2.05) is 0 Å². The summed E-state index contributed by atoms with van der Waals surface area (Å²) in [6, 6.07) is 13.6. The summed E-state index contributed by atoms with van der Waals surface area (Å²) >= 11 is 0. The van der Waals surface area contributed by atoms with Gasteiger partial charge < -0.3 is 9.12 Å². The van der Waals surface area contributed by atoms with E-state index >= 15 is 0 Å². The largest absolute Gasteiger partial charge is 0.726 e. The van der Waals surface area contributed by atoms with Crippen LogP contribution in [0.4, 0.5) is 26.3 Å². The number of benzene rings is 2. The third-order valence-electron chi connectivity index (χ3n) is 5.87. The highest BCUT2D eigenvalue weighted by Crippen LogP contribution is 2.32. The molecular formula is C28H38F6N4O8S2. The van der Waals surface area contributed by atoms with E-state index < -0.39 is 44.8 Å². The highest BCUT2D eigenvalue weighted by atomic mass is 32.3. The van der Waals surface area contributed by atoms with E-state index in [0.29, 0.717) is 35.2 Å². The number of aryl methyl sites for hydroxylation is 3. The summed E-state index contributed by atoms with van der Waals surface area (Å²) in [6.07, 6.45) is -8.72. The number of nitrogens with zero attached hydrogens (tertiary/aromatic N) is 4. The standard InChI is InChI=1S/C12H14F3N2.C10H9F3N2.C4H10O4S.C2H6O4S/c1-3-16-9-7-5-6-8-10(9)17(4-2)11(16)12(13,14)15;1-2-15-8-6-4-3-5-7(8)14-9(15)10(11,12)13;1-3-7-9(5,6)8-4-2;1-2-6-7(3,4)5/h5-8H,3-4H2,1-2H3;3-6H,2H2,1H3;3-4H2,1-2H3;2H2,1H3,(H,3,4,5)/q+1;;;/p-1. The van der Waals surface area contributed by atoms with Crippen molar-refractivity contribution >= 4 is 42.9 Å². The van der Waals surface area contributed by atoms with Crippen LogP contribution in [0.2, 0.25) is 0 Å². The van der Waals surface area contributed by atoms with Crippen molar-refractivity contribution in [3.8, 4) is 0 Å². The van der Waals surface area contributed by atoms with E-state index in [-0.39, 0.29) is 26.4 Å². The molecule has 272 valence electrons. The lowest BCUT2D eigenvalue weighted by molar-refractivity contribution is -0.688. The lowest BCUT2D eigenvalue weighted by Gasteiger charge is -2.08. The highest BCUT2D eigenvalue weighted by molar-refractivity contribution is 7.81. The number of hydrogen-bond donors (Lipinski definition) is 0. The summed E-state index contributed by atoms with van der Waals surface area (Å²) in [5.74, 6) is -1.41. The molecule has 12 nitrogen and oxygen atoms in total. The summed E-state index contributed by atoms with van der Waals surface area (Å²) < 4.78 is 142. The maximum atomic E-state index is 13.1. The fourth-order valence-electron chi connectivity index (χ4n) is 4.32. The fraction of sp³-hybridized carbons (Fsp3) is 0.500. The molecule has 0 saturated carbocycles. The number of halogens is 6. The monoisotopic (exact) mass is 736 g/mol. The van der Waals surface area contributed by atoms with Gasteiger partial charge >= 0.3 is 28.6 Å². The zero-order valence-corrected chi connectivity index (χ0v) is 28.6. The molecule has 2 heterocycles. The predicted octanol–water partition coefficient (Wildman–Crippen LogP) is 5.85. The Labute approximate surface area is 275 Å². The van der Waals surface area contributed by atoms with Crippen molar-refractivity contribution in [2.75, 3.05) is 19.8 Å². The first kappa shape index (κ1) is 42.7. The number of hydrogen-bond acceptors (Lipinski definition) is 9. The second-order valence-corrected chi connectivity index (χ2v) is 11.3. The van der Waals surface area contributed by atoms with E-state index in [0.717, 1.165) is 0 Å². The van der Waals surface area contributed by atoms with Crippen LogP contribution < -0.4 is 4.57 Å². The molecule has 0 aliphatic carbocycles. The van der Waals surface area contributed by atoms with Crippen LogP contribution in [0.1, 0.15) is 53.2 Å². The molecule has 0 saturated heterocycles. The van der Waals surface area contributed by atoms with Crippen molar-refractivity contribution < 1.29 is 64.8 Å². The molecular weight excluding hydrogens is 698 g/mol. The van der Waals surface area contributed by atoms with E-state index in [1.165, 1.54) is 20.6 Å². The van der Waals surface area contributed by atoms with Crippen LogP contribution >= 0.6 is 0 Å². The first-order valence-electron chi connectivity index (χ1n) is 14.5. The first-order chi connectivity index (χ1) is 22.2. The molecule has 0 bridgehead atoms. The number of aromatic nitrogens is 4. The van der Waals surface area contributed by atoms with Crippen molar-refractivity contribution in [2.45, 2.75) is 73.5 Å². The molecule has 4 rings (SSSR count). The molecule has 2 aromatic heterocycles. The minimum Gasteiger partial charge on any atom is -0.726 e. The van der Waals surface area contributed by atoms with Crippen LogP contribution in [0.3, 0.4) is 0 Å². The molecule has 0 aliphatic heterocycles. The van der Waals surface area contributed by atoms with Crippen LogP contribution in [-0.4, -0.2) is 55.3 Å². The van der Waals surface area contributed by atoms with Gasteiger partial charge in [0.15, 0.2) is 11.0 Å². The summed E-state index contributed by atoms with van der Waals surface area (Å²) in [7, 11) is -8.11. The number of rotatable bonds is 9. The fourth-order valence-corrected chi connectivity index (χ4v) is 5.25. The Bertz CT molecular complexity index is 1750. The maximum Gasteiger partial charge on any atom is 0.495 e. The average Bonchev–Trinajstić information content (AvgIpc) is 3.53. The normalized spacial score (nSPS) is 12.1. The molecule has 0 amide bonds. The Morgan fingerprint density at radius 1 is 0.708 bits per heavy atom. The average molecular weight is 737 g/mol. The molecule has 0 radical (unpaired) electrons. The SMILES string of the molecule is CCOS(=O)(=O)OCC.CCOS(=O)(=O)[O-].CCn1c(C(F)(F)F)[n+](CC)c2ccccc21.CCn1c(C(F)(F)F)nc2ccccc21. The Morgan fingerprint density at radius 2 is 1.19 bits per heavy atom. The molecule has 20 heteroatoms. The van der Waals surface area contributed by atoms with E-state index in [9.17, 15) is 47.7 Å². The molecule has 0 atom stereocenters. The van der Waals surface area contributed by atoms with Gasteiger partial charge in [-0.15, -0.1) is 0 Å². The zero-order valence-electron chi connectivity index (χ0n) is 27.0. The summed E-state index contributed by atoms with van der Waals surface area (Å²) in [6.45, 7) is 10.7. The Hall–Kier alpha value is -3.30. The lowest BCUT2D eigenvalue weighted by atomic mass is 10.3. The van der Waals surface area contributed by atoms with Gasteiger partial charge in [-0.3, -0.25) is 4.18 Å². The Kier molecular flexibility index (Phi) is 16.4. The van der Waals surface area contributed by atoms with Crippen LogP contribution in [0, 0.1) is 0 Å². The van der Waals surface area contributed by atoms with Gasteiger partial charge in [-0.05, 0) is 65.8 Å². The van der Waals surface area contributed by atoms with Crippen LogP contribution in [-0.2, 0) is 65.3 Å². The Morgan fingerprint density at radius 3 is 1.58 bits per heavy atom. The van der Waals surface area contributed by atoms with E-state index in [4.69, 9.17) is 0 Å². The Balaban J connectivity index is 0.000000340. The van der Waals surface area contributed by atoms with Gasteiger partial charge in [-0.2, -0.15) is 34.8 Å². The molecule has 4 aromatic rings. The summed E-state index contributed by atoms with van der Waals surface area (Å²) in [5.41, 5.74) is 2.16. The second kappa shape index (κ2) is 18.5. The molecule has 48 heavy (non-hydrogen) atoms. The van der Waals surface area contributed by atoms with Gasteiger partial charge in [0, 0.05) is 6.54 Å². The molecule has 0 spiro atoms. The van der Waals surface area contributed by atoms with Crippen molar-refractivity contribution in [3.63, 3.8) is 0 Å². The van der Waals surface area contributed by atoms with Gasteiger partial charge in [0.25, 0.3) is 0 Å². The van der Waals surface area contributed by atoms with E-state index in [2.05, 4.69) is 17.5 Å². The highest BCUT2D eigenvalue weighted by Gasteiger charge is 2.46. The maximum absolute atomic E-state index is 13.1.